The molecule has 2 aromatic rings. The third kappa shape index (κ3) is 5.02. The van der Waals surface area contributed by atoms with E-state index in [0.29, 0.717) is 41.6 Å². The number of nitrogens with one attached hydrogen (secondary N) is 1. The predicted molar refractivity (Wildman–Crippen MR) is 111 cm³/mol. The van der Waals surface area contributed by atoms with E-state index in [1.807, 2.05) is 12.1 Å². The van der Waals surface area contributed by atoms with Crippen molar-refractivity contribution in [1.29, 1.82) is 0 Å². The average Bonchev–Trinajstić information content (AvgIpc) is 2.70. The Hall–Kier alpha value is -3.15. The van der Waals surface area contributed by atoms with Crippen molar-refractivity contribution in [2.45, 2.75) is 33.7 Å². The number of carbonyl (C=O) groups is 3. The van der Waals surface area contributed by atoms with Crippen molar-refractivity contribution in [1.82, 2.24) is 5.32 Å². The first-order valence-electron chi connectivity index (χ1n) is 9.80. The molecule has 0 fully saturated rings. The van der Waals surface area contributed by atoms with Gasteiger partial charge in [-0.2, -0.15) is 0 Å². The van der Waals surface area contributed by atoms with Gasteiger partial charge in [0.05, 0.1) is 12.2 Å². The highest BCUT2D eigenvalue weighted by Gasteiger charge is 2.26. The Labute approximate surface area is 170 Å². The van der Waals surface area contributed by atoms with Crippen LogP contribution < -0.4 is 15.0 Å². The summed E-state index contributed by atoms with van der Waals surface area (Å²) in [5, 5.41) is 2.92. The summed E-state index contributed by atoms with van der Waals surface area (Å²) in [5.74, 6) is 0.772. The number of rotatable bonds is 7. The Kier molecular flexibility index (Phi) is 6.32. The van der Waals surface area contributed by atoms with E-state index in [1.54, 1.807) is 35.2 Å². The van der Waals surface area contributed by atoms with Crippen LogP contribution in [-0.4, -0.2) is 30.7 Å². The van der Waals surface area contributed by atoms with E-state index in [9.17, 15) is 14.4 Å². The lowest BCUT2D eigenvalue weighted by molar-refractivity contribution is -0.121. The Morgan fingerprint density at radius 1 is 1.10 bits per heavy atom. The highest BCUT2D eigenvalue weighted by Crippen LogP contribution is 2.34. The maximum atomic E-state index is 12.4. The highest BCUT2D eigenvalue weighted by atomic mass is 16.5. The van der Waals surface area contributed by atoms with Gasteiger partial charge in [-0.05, 0) is 55.2 Å². The van der Waals surface area contributed by atoms with Gasteiger partial charge in [0.25, 0.3) is 11.8 Å². The van der Waals surface area contributed by atoms with Crippen LogP contribution in [0, 0.1) is 5.92 Å². The van der Waals surface area contributed by atoms with Crippen LogP contribution in [0.1, 0.15) is 53.5 Å². The molecule has 6 heteroatoms. The van der Waals surface area contributed by atoms with E-state index >= 15 is 0 Å². The largest absolute Gasteiger partial charge is 0.482 e. The highest BCUT2D eigenvalue weighted by molar-refractivity contribution is 6.01. The molecule has 1 aliphatic heterocycles. The minimum atomic E-state index is -0.172. The Morgan fingerprint density at radius 2 is 1.79 bits per heavy atom. The maximum Gasteiger partial charge on any atom is 0.265 e. The van der Waals surface area contributed by atoms with E-state index in [1.165, 1.54) is 6.92 Å². The molecule has 0 spiro atoms. The van der Waals surface area contributed by atoms with Crippen molar-refractivity contribution in [3.05, 3.63) is 59.2 Å². The number of benzene rings is 2. The summed E-state index contributed by atoms with van der Waals surface area (Å²) in [4.78, 5) is 38.0. The Balaban J connectivity index is 1.73. The molecule has 2 amide bonds. The molecular formula is C23H26N2O4. The molecule has 3 rings (SSSR count). The van der Waals surface area contributed by atoms with Gasteiger partial charge in [0.15, 0.2) is 12.4 Å². The van der Waals surface area contributed by atoms with Crippen LogP contribution in [0.25, 0.3) is 0 Å². The molecule has 1 aliphatic rings. The van der Waals surface area contributed by atoms with Gasteiger partial charge >= 0.3 is 0 Å². The molecule has 0 aliphatic carbocycles. The quantitative estimate of drug-likeness (QED) is 0.728. The van der Waals surface area contributed by atoms with Gasteiger partial charge in [-0.25, -0.2) is 0 Å². The number of Topliss-reactive ketones (excluding diaryl/α,β-unsaturated/α-hetero) is 1. The van der Waals surface area contributed by atoms with E-state index in [-0.39, 0.29) is 24.2 Å². The molecule has 152 valence electrons. The lowest BCUT2D eigenvalue weighted by atomic mass is 10.1. The first-order chi connectivity index (χ1) is 13.8. The van der Waals surface area contributed by atoms with Gasteiger partial charge in [0.2, 0.25) is 0 Å². The van der Waals surface area contributed by atoms with Crippen molar-refractivity contribution in [3.8, 4) is 5.75 Å². The SMILES string of the molecule is CC(=O)c1ccc2c(c1)N(Cc1ccc(C(=O)NCCC(C)C)cc1)C(=O)CO2. The number of fused-ring (bicyclic) bond motifs is 1. The molecule has 0 saturated heterocycles. The summed E-state index contributed by atoms with van der Waals surface area (Å²) >= 11 is 0. The number of ketones is 1. The maximum absolute atomic E-state index is 12.4. The van der Waals surface area contributed by atoms with E-state index in [4.69, 9.17) is 4.74 Å². The number of anilines is 1. The minimum Gasteiger partial charge on any atom is -0.482 e. The van der Waals surface area contributed by atoms with Crippen molar-refractivity contribution < 1.29 is 19.1 Å². The van der Waals surface area contributed by atoms with Crippen LogP contribution in [0.2, 0.25) is 0 Å². The van der Waals surface area contributed by atoms with Gasteiger partial charge in [0.1, 0.15) is 5.75 Å². The van der Waals surface area contributed by atoms with Gasteiger partial charge in [0, 0.05) is 17.7 Å². The van der Waals surface area contributed by atoms with Crippen molar-refractivity contribution in [2.75, 3.05) is 18.1 Å². The third-order valence-corrected chi connectivity index (χ3v) is 4.87. The molecule has 29 heavy (non-hydrogen) atoms. The molecule has 0 aromatic heterocycles. The van der Waals surface area contributed by atoms with Gasteiger partial charge in [-0.15, -0.1) is 0 Å². The zero-order valence-corrected chi connectivity index (χ0v) is 17.0. The van der Waals surface area contributed by atoms with Gasteiger partial charge in [-0.1, -0.05) is 26.0 Å². The van der Waals surface area contributed by atoms with E-state index in [2.05, 4.69) is 19.2 Å². The molecule has 0 unspecified atom stereocenters. The van der Waals surface area contributed by atoms with Crippen LogP contribution in [0.4, 0.5) is 5.69 Å². The fourth-order valence-electron chi connectivity index (χ4n) is 3.11. The number of nitrogens with zero attached hydrogens (tertiary/aromatic N) is 1. The average molecular weight is 394 g/mol. The molecule has 0 atom stereocenters. The summed E-state index contributed by atoms with van der Waals surface area (Å²) in [6, 6.07) is 12.3. The van der Waals surface area contributed by atoms with Crippen LogP contribution in [0.5, 0.6) is 5.75 Å². The number of hydrogen-bond acceptors (Lipinski definition) is 4. The molecule has 6 nitrogen and oxygen atoms in total. The molecule has 2 aromatic carbocycles. The molecule has 0 bridgehead atoms. The summed E-state index contributed by atoms with van der Waals surface area (Å²) in [7, 11) is 0. The van der Waals surface area contributed by atoms with Crippen LogP contribution >= 0.6 is 0 Å². The monoisotopic (exact) mass is 394 g/mol. The summed E-state index contributed by atoms with van der Waals surface area (Å²) < 4.78 is 5.49. The van der Waals surface area contributed by atoms with Crippen LogP contribution in [0.15, 0.2) is 42.5 Å². The second-order valence-corrected chi connectivity index (χ2v) is 7.64. The lowest BCUT2D eigenvalue weighted by Gasteiger charge is -2.29. The lowest BCUT2D eigenvalue weighted by Crippen LogP contribution is -2.38. The zero-order chi connectivity index (χ0) is 21.0. The van der Waals surface area contributed by atoms with Crippen molar-refractivity contribution in [3.63, 3.8) is 0 Å². The van der Waals surface area contributed by atoms with Crippen LogP contribution in [0.3, 0.4) is 0 Å². The number of hydrogen-bond donors (Lipinski definition) is 1. The second-order valence-electron chi connectivity index (χ2n) is 7.64. The summed E-state index contributed by atoms with van der Waals surface area (Å²) in [5.41, 5.74) is 2.59. The number of carbonyl (C=O) groups excluding carboxylic acids is 3. The topological polar surface area (TPSA) is 75.7 Å². The standard InChI is InChI=1S/C23H26N2O4/c1-15(2)10-11-24-23(28)18-6-4-17(5-7-18)13-25-20-12-19(16(3)26)8-9-21(20)29-14-22(25)27/h4-9,12,15H,10-11,13-14H2,1-3H3,(H,24,28). The second kappa shape index (κ2) is 8.90. The molecular weight excluding hydrogens is 368 g/mol. The summed E-state index contributed by atoms with van der Waals surface area (Å²) in [6.45, 7) is 6.67. The van der Waals surface area contributed by atoms with Gasteiger partial charge < -0.3 is 15.0 Å². The van der Waals surface area contributed by atoms with Crippen LogP contribution in [-0.2, 0) is 11.3 Å². The molecule has 0 saturated carbocycles. The Bertz CT molecular complexity index is 919. The fraction of sp³-hybridized carbons (Fsp3) is 0.348. The number of amides is 2. The third-order valence-electron chi connectivity index (χ3n) is 4.87. The van der Waals surface area contributed by atoms with Crippen molar-refractivity contribution >= 4 is 23.3 Å². The minimum absolute atomic E-state index is 0.0389. The van der Waals surface area contributed by atoms with Crippen molar-refractivity contribution in [2.24, 2.45) is 5.92 Å². The molecule has 0 radical (unpaired) electrons. The number of ether oxygens (including phenoxy) is 1. The molecule has 1 heterocycles. The zero-order valence-electron chi connectivity index (χ0n) is 17.0. The normalized spacial score (nSPS) is 13.1. The molecule has 1 N–H and O–H groups in total. The fourth-order valence-corrected chi connectivity index (χ4v) is 3.11. The predicted octanol–water partition coefficient (Wildman–Crippen LogP) is 3.59. The Morgan fingerprint density at radius 3 is 2.45 bits per heavy atom. The smallest absolute Gasteiger partial charge is 0.265 e. The van der Waals surface area contributed by atoms with E-state index < -0.39 is 0 Å². The van der Waals surface area contributed by atoms with Gasteiger partial charge in [-0.3, -0.25) is 14.4 Å². The van der Waals surface area contributed by atoms with E-state index in [0.717, 1.165) is 12.0 Å². The summed E-state index contributed by atoms with van der Waals surface area (Å²) in [6.07, 6.45) is 0.935. The first-order valence-corrected chi connectivity index (χ1v) is 9.80. The first kappa shape index (κ1) is 20.6.